The number of benzene rings is 2. The molecule has 1 amide bonds. The highest BCUT2D eigenvalue weighted by Gasteiger charge is 2.41. The van der Waals surface area contributed by atoms with Crippen molar-refractivity contribution < 1.29 is 35.9 Å². The number of carbonyl (C=O) groups excluding carboxylic acids is 1. The minimum atomic E-state index is -4.98. The number of aromatic nitrogens is 3. The fraction of sp³-hybridized carbons (Fsp3) is 0.400. The zero-order valence-electron chi connectivity index (χ0n) is 20.9. The summed E-state index contributed by atoms with van der Waals surface area (Å²) in [4.78, 5) is 30.1. The van der Waals surface area contributed by atoms with Gasteiger partial charge in [0.25, 0.3) is 0 Å². The number of aryl methyl sites for hydroxylation is 1. The van der Waals surface area contributed by atoms with Crippen LogP contribution in [0.2, 0.25) is 0 Å². The summed E-state index contributed by atoms with van der Waals surface area (Å²) in [5, 5.41) is 6.17. The second-order valence-electron chi connectivity index (χ2n) is 9.39. The maximum Gasteiger partial charge on any atom is 0.416 e. The molecule has 0 spiro atoms. The minimum absolute atomic E-state index is 0.0248. The van der Waals surface area contributed by atoms with Gasteiger partial charge in [-0.3, -0.25) is 14.7 Å². The highest BCUT2D eigenvalue weighted by molar-refractivity contribution is 5.79. The number of likely N-dealkylation sites (N-methyl/N-ethyl adjacent to an activating group) is 1. The van der Waals surface area contributed by atoms with Gasteiger partial charge < -0.3 is 9.64 Å². The first-order valence-electron chi connectivity index (χ1n) is 11.8. The van der Waals surface area contributed by atoms with Gasteiger partial charge in [0.15, 0.2) is 0 Å². The first-order chi connectivity index (χ1) is 18.2. The smallest absolute Gasteiger partial charge is 0.375 e. The van der Waals surface area contributed by atoms with Crippen LogP contribution >= 0.6 is 0 Å². The summed E-state index contributed by atoms with van der Waals surface area (Å²) < 4.78 is 85.1. The van der Waals surface area contributed by atoms with E-state index in [2.05, 4.69) is 15.2 Å². The fourth-order valence-corrected chi connectivity index (χ4v) is 4.55. The number of nitrogens with zero attached hydrogens (tertiary/aromatic N) is 3. The van der Waals surface area contributed by atoms with Crippen molar-refractivity contribution in [2.75, 3.05) is 20.2 Å². The summed E-state index contributed by atoms with van der Waals surface area (Å²) in [6.45, 7) is 1.24. The Morgan fingerprint density at radius 3 is 2.15 bits per heavy atom. The topological polar surface area (TPSA) is 94.3 Å². The second-order valence-corrected chi connectivity index (χ2v) is 9.39. The number of amides is 1. The summed E-state index contributed by atoms with van der Waals surface area (Å²) in [5.74, 6) is 0.000972. The number of carbonyl (C=O) groups is 1. The molecule has 2 atom stereocenters. The number of aromatic amines is 2. The number of halogens is 6. The predicted octanol–water partition coefficient (Wildman–Crippen LogP) is 4.04. The van der Waals surface area contributed by atoms with Crippen LogP contribution in [0.15, 0.2) is 47.3 Å². The summed E-state index contributed by atoms with van der Waals surface area (Å²) >= 11 is 0. The van der Waals surface area contributed by atoms with Crippen molar-refractivity contribution in [1.82, 2.24) is 25.0 Å². The molecule has 210 valence electrons. The molecular formula is C25H25F6N5O3. The highest BCUT2D eigenvalue weighted by Crippen LogP contribution is 2.37. The molecule has 1 fully saturated rings. The molecule has 2 N–H and O–H groups in total. The van der Waals surface area contributed by atoms with Crippen molar-refractivity contribution in [3.8, 4) is 0 Å². The van der Waals surface area contributed by atoms with Gasteiger partial charge in [-0.15, -0.1) is 0 Å². The molecule has 1 aromatic heterocycles. The van der Waals surface area contributed by atoms with Crippen molar-refractivity contribution in [1.29, 1.82) is 0 Å². The molecule has 14 heteroatoms. The zero-order chi connectivity index (χ0) is 28.5. The van der Waals surface area contributed by atoms with E-state index in [9.17, 15) is 35.9 Å². The number of alkyl halides is 6. The molecule has 1 saturated heterocycles. The maximum absolute atomic E-state index is 13.2. The number of H-pyrrole nitrogens is 2. The van der Waals surface area contributed by atoms with Gasteiger partial charge in [-0.2, -0.15) is 31.4 Å². The van der Waals surface area contributed by atoms with E-state index in [0.29, 0.717) is 12.1 Å². The number of nitrogens with one attached hydrogen (secondary N) is 2. The van der Waals surface area contributed by atoms with E-state index in [1.54, 1.807) is 11.9 Å². The number of rotatable bonds is 7. The van der Waals surface area contributed by atoms with Crippen LogP contribution in [-0.2, 0) is 35.0 Å². The van der Waals surface area contributed by atoms with Gasteiger partial charge in [-0.1, -0.05) is 29.8 Å². The SMILES string of the molecule is Cc1ccc([C@H]2[C@@H](COCc3cc(C(F)(F)F)cc(C(F)(F)F)c3)N(C)C(=O)CN2Cc2n[nH]c(=O)[nH]2)cc1. The third-order valence-corrected chi connectivity index (χ3v) is 6.51. The van der Waals surface area contributed by atoms with Crippen LogP contribution in [0.4, 0.5) is 26.3 Å². The Balaban J connectivity index is 1.61. The maximum atomic E-state index is 13.2. The van der Waals surface area contributed by atoms with Crippen molar-refractivity contribution in [3.05, 3.63) is 86.6 Å². The van der Waals surface area contributed by atoms with Crippen LogP contribution in [0.3, 0.4) is 0 Å². The zero-order valence-corrected chi connectivity index (χ0v) is 20.9. The third kappa shape index (κ3) is 6.68. The van der Waals surface area contributed by atoms with Crippen LogP contribution < -0.4 is 5.69 Å². The summed E-state index contributed by atoms with van der Waals surface area (Å²) in [6.07, 6.45) is -9.95. The van der Waals surface area contributed by atoms with E-state index in [1.807, 2.05) is 31.2 Å². The van der Waals surface area contributed by atoms with E-state index < -0.39 is 47.9 Å². The molecule has 1 aliphatic rings. The van der Waals surface area contributed by atoms with E-state index in [-0.39, 0.29) is 43.1 Å². The summed E-state index contributed by atoms with van der Waals surface area (Å²) in [5.41, 5.74) is -1.91. The van der Waals surface area contributed by atoms with Crippen molar-refractivity contribution in [2.45, 2.75) is 44.5 Å². The monoisotopic (exact) mass is 557 g/mol. The van der Waals surface area contributed by atoms with Crippen LogP contribution in [0, 0.1) is 6.92 Å². The average Bonchev–Trinajstić information content (AvgIpc) is 3.26. The first-order valence-corrected chi connectivity index (χ1v) is 11.8. The average molecular weight is 557 g/mol. The lowest BCUT2D eigenvalue weighted by molar-refractivity contribution is -0.146. The predicted molar refractivity (Wildman–Crippen MR) is 126 cm³/mol. The van der Waals surface area contributed by atoms with E-state index >= 15 is 0 Å². The van der Waals surface area contributed by atoms with Gasteiger partial charge in [-0.25, -0.2) is 9.89 Å². The Hall–Kier alpha value is -3.65. The molecule has 4 rings (SSSR count). The minimum Gasteiger partial charge on any atom is -0.375 e. The van der Waals surface area contributed by atoms with Gasteiger partial charge in [0.1, 0.15) is 5.82 Å². The molecule has 0 aliphatic carbocycles. The third-order valence-electron chi connectivity index (χ3n) is 6.51. The molecule has 3 aromatic rings. The summed E-state index contributed by atoms with van der Waals surface area (Å²) in [6, 6.07) is 7.61. The standard InChI is InChI=1S/C25H25F6N5O3/c1-14-3-5-16(6-4-14)22-19(35(2)21(37)11-36(22)10-20-32-23(38)34-33-20)13-39-12-15-7-17(24(26,27)28)9-18(8-15)25(29,30)31/h3-9,19,22H,10-13H2,1-2H3,(H2,32,33,34,38)/t19-,22+/m1/s1. The Morgan fingerprint density at radius 1 is 1.00 bits per heavy atom. The normalized spacial score (nSPS) is 19.1. The van der Waals surface area contributed by atoms with E-state index in [1.165, 1.54) is 4.90 Å². The van der Waals surface area contributed by atoms with Crippen molar-refractivity contribution in [3.63, 3.8) is 0 Å². The molecule has 2 heterocycles. The van der Waals surface area contributed by atoms with Crippen molar-refractivity contribution in [2.24, 2.45) is 0 Å². The van der Waals surface area contributed by atoms with Crippen LogP contribution in [0.25, 0.3) is 0 Å². The molecular weight excluding hydrogens is 532 g/mol. The van der Waals surface area contributed by atoms with Crippen LogP contribution in [-0.4, -0.2) is 57.1 Å². The lowest BCUT2D eigenvalue weighted by atomic mass is 9.93. The highest BCUT2D eigenvalue weighted by atomic mass is 19.4. The van der Waals surface area contributed by atoms with Gasteiger partial charge >= 0.3 is 18.0 Å². The lowest BCUT2D eigenvalue weighted by Crippen LogP contribution is -2.57. The lowest BCUT2D eigenvalue weighted by Gasteiger charge is -2.45. The molecule has 8 nitrogen and oxygen atoms in total. The Labute approximate surface area is 218 Å². The second kappa shape index (κ2) is 10.8. The Kier molecular flexibility index (Phi) is 7.89. The summed E-state index contributed by atoms with van der Waals surface area (Å²) in [7, 11) is 1.55. The van der Waals surface area contributed by atoms with Crippen LogP contribution in [0.5, 0.6) is 0 Å². The van der Waals surface area contributed by atoms with E-state index in [4.69, 9.17) is 4.74 Å². The van der Waals surface area contributed by atoms with E-state index in [0.717, 1.165) is 11.1 Å². The molecule has 0 unspecified atom stereocenters. The molecule has 39 heavy (non-hydrogen) atoms. The Morgan fingerprint density at radius 2 is 1.62 bits per heavy atom. The largest absolute Gasteiger partial charge is 0.416 e. The first kappa shape index (κ1) is 28.4. The van der Waals surface area contributed by atoms with Gasteiger partial charge in [0.05, 0.1) is 49.5 Å². The number of hydrogen-bond donors (Lipinski definition) is 2. The molecule has 0 saturated carbocycles. The van der Waals surface area contributed by atoms with Gasteiger partial charge in [-0.05, 0) is 36.2 Å². The van der Waals surface area contributed by atoms with Crippen LogP contribution in [0.1, 0.15) is 39.7 Å². The quantitative estimate of drug-likeness (QED) is 0.428. The number of ether oxygens (including phenoxy) is 1. The molecule has 0 radical (unpaired) electrons. The van der Waals surface area contributed by atoms with Crippen molar-refractivity contribution >= 4 is 5.91 Å². The van der Waals surface area contributed by atoms with Gasteiger partial charge in [0.2, 0.25) is 5.91 Å². The number of hydrogen-bond acceptors (Lipinski definition) is 5. The van der Waals surface area contributed by atoms with Gasteiger partial charge in [0, 0.05) is 7.05 Å². The molecule has 2 aromatic carbocycles. The molecule has 1 aliphatic heterocycles. The number of piperazine rings is 1. The Bertz CT molecular complexity index is 1330. The molecule has 0 bridgehead atoms. The fourth-order valence-electron chi connectivity index (χ4n) is 4.55.